The van der Waals surface area contributed by atoms with Gasteiger partial charge in [-0.05, 0) is 58.7 Å². The summed E-state index contributed by atoms with van der Waals surface area (Å²) < 4.78 is 1.80. The van der Waals surface area contributed by atoms with E-state index in [0.29, 0.717) is 5.69 Å². The van der Waals surface area contributed by atoms with Gasteiger partial charge in [0.05, 0.1) is 11.4 Å². The lowest BCUT2D eigenvalue weighted by atomic mass is 9.99. The van der Waals surface area contributed by atoms with Gasteiger partial charge in [0.25, 0.3) is 5.91 Å². The quantitative estimate of drug-likeness (QED) is 0.482. The predicted octanol–water partition coefficient (Wildman–Crippen LogP) is 5.62. The minimum atomic E-state index is -0.116. The zero-order valence-corrected chi connectivity index (χ0v) is 16.7. The van der Waals surface area contributed by atoms with Gasteiger partial charge in [-0.25, -0.2) is 0 Å². The molecule has 146 valence electrons. The summed E-state index contributed by atoms with van der Waals surface area (Å²) in [6, 6.07) is 28.4. The number of anilines is 1. The maximum atomic E-state index is 12.4. The molecule has 4 heteroatoms. The zero-order chi connectivity index (χ0) is 20.5. The lowest BCUT2D eigenvalue weighted by Crippen LogP contribution is -2.15. The summed E-state index contributed by atoms with van der Waals surface area (Å²) in [5, 5.41) is 2.95. The third-order valence-electron chi connectivity index (χ3n) is 5.45. The number of aryl methyl sites for hydroxylation is 1. The van der Waals surface area contributed by atoms with Crippen LogP contribution in [0.4, 0.5) is 11.4 Å². The Balaban J connectivity index is 1.31. The fourth-order valence-electron chi connectivity index (χ4n) is 3.82. The van der Waals surface area contributed by atoms with E-state index >= 15 is 0 Å². The van der Waals surface area contributed by atoms with Crippen LogP contribution < -0.4 is 5.32 Å². The number of amides is 1. The van der Waals surface area contributed by atoms with Gasteiger partial charge in [0.1, 0.15) is 5.69 Å². The van der Waals surface area contributed by atoms with Crippen LogP contribution in [0.1, 0.15) is 21.6 Å². The van der Waals surface area contributed by atoms with Gasteiger partial charge in [-0.2, -0.15) is 0 Å². The van der Waals surface area contributed by atoms with Gasteiger partial charge in [0, 0.05) is 25.4 Å². The smallest absolute Gasteiger partial charge is 0.272 e. The Morgan fingerprint density at radius 2 is 1.63 bits per heavy atom. The van der Waals surface area contributed by atoms with Gasteiger partial charge in [-0.15, -0.1) is 0 Å². The van der Waals surface area contributed by atoms with E-state index in [2.05, 4.69) is 47.8 Å². The maximum absolute atomic E-state index is 12.4. The fraction of sp³-hybridized carbons (Fsp3) is 0.0769. The summed E-state index contributed by atoms with van der Waals surface area (Å²) in [7, 11) is 1.86. The molecule has 0 aliphatic carbocycles. The molecule has 1 aliphatic heterocycles. The van der Waals surface area contributed by atoms with Crippen LogP contribution in [-0.4, -0.2) is 16.2 Å². The van der Waals surface area contributed by atoms with Gasteiger partial charge in [0.15, 0.2) is 0 Å². The van der Waals surface area contributed by atoms with Crippen LogP contribution in [0, 0.1) is 0 Å². The zero-order valence-electron chi connectivity index (χ0n) is 16.7. The van der Waals surface area contributed by atoms with E-state index in [4.69, 9.17) is 4.99 Å². The maximum Gasteiger partial charge on any atom is 0.272 e. The molecule has 1 aliphatic rings. The first-order valence-corrected chi connectivity index (χ1v) is 9.96. The summed E-state index contributed by atoms with van der Waals surface area (Å²) in [5.41, 5.74) is 8.23. The normalized spacial score (nSPS) is 12.4. The van der Waals surface area contributed by atoms with E-state index in [1.54, 1.807) is 10.6 Å². The second-order valence-corrected chi connectivity index (χ2v) is 7.48. The number of carbonyl (C=O) groups excluding carboxylic acids is 1. The van der Waals surface area contributed by atoms with E-state index in [9.17, 15) is 4.79 Å². The molecule has 0 saturated carbocycles. The van der Waals surface area contributed by atoms with Crippen LogP contribution in [-0.2, 0) is 13.5 Å². The van der Waals surface area contributed by atoms with E-state index in [0.717, 1.165) is 29.1 Å². The molecular weight excluding hydrogens is 370 g/mol. The molecule has 1 amide bonds. The van der Waals surface area contributed by atoms with Crippen LogP contribution >= 0.6 is 0 Å². The number of hydrogen-bond acceptors (Lipinski definition) is 2. The highest BCUT2D eigenvalue weighted by molar-refractivity contribution is 6.07. The summed E-state index contributed by atoms with van der Waals surface area (Å²) in [6.07, 6.45) is 2.67. The summed E-state index contributed by atoms with van der Waals surface area (Å²) in [4.78, 5) is 17.2. The van der Waals surface area contributed by atoms with E-state index in [-0.39, 0.29) is 5.91 Å². The molecule has 1 N–H and O–H groups in total. The molecule has 1 aromatic heterocycles. The van der Waals surface area contributed by atoms with Crippen molar-refractivity contribution in [3.63, 3.8) is 0 Å². The Bertz CT molecular complexity index is 1250. The first-order valence-electron chi connectivity index (χ1n) is 9.96. The third kappa shape index (κ3) is 3.44. The second-order valence-electron chi connectivity index (χ2n) is 7.48. The number of aromatic nitrogens is 1. The highest BCUT2D eigenvalue weighted by atomic mass is 16.1. The van der Waals surface area contributed by atoms with Gasteiger partial charge >= 0.3 is 0 Å². The van der Waals surface area contributed by atoms with Crippen molar-refractivity contribution >= 4 is 23.0 Å². The molecule has 4 nitrogen and oxygen atoms in total. The lowest BCUT2D eigenvalue weighted by Gasteiger charge is -2.07. The van der Waals surface area contributed by atoms with Crippen LogP contribution in [0.2, 0.25) is 0 Å². The molecule has 0 atom stereocenters. The topological polar surface area (TPSA) is 46.4 Å². The Labute approximate surface area is 175 Å². The van der Waals surface area contributed by atoms with Crippen LogP contribution in [0.5, 0.6) is 0 Å². The number of rotatable bonds is 4. The summed E-state index contributed by atoms with van der Waals surface area (Å²) in [6.45, 7) is 0. The molecule has 3 aromatic carbocycles. The minimum Gasteiger partial charge on any atom is -0.347 e. The first kappa shape index (κ1) is 18.1. The van der Waals surface area contributed by atoms with Crippen molar-refractivity contribution in [1.82, 2.24) is 4.57 Å². The SMILES string of the molecule is Cn1cccc1C(=O)Nc1ccc(C2=Nc3ccc(-c4ccccc4)cc3C2)cc1. The predicted molar refractivity (Wildman–Crippen MR) is 122 cm³/mol. The standard InChI is InChI=1S/C26H21N3O/c1-29-15-5-8-25(29)26(30)27-22-12-9-19(10-13-22)24-17-21-16-20(11-14-23(21)28-24)18-6-3-2-4-7-18/h2-16H,17H2,1H3,(H,27,30). The summed E-state index contributed by atoms with van der Waals surface area (Å²) in [5.74, 6) is -0.116. The number of aliphatic imine (C=N–C) groups is 1. The van der Waals surface area contributed by atoms with Crippen LogP contribution in [0.3, 0.4) is 0 Å². The van der Waals surface area contributed by atoms with Crippen molar-refractivity contribution < 1.29 is 4.79 Å². The molecule has 0 bridgehead atoms. The van der Waals surface area contributed by atoms with Crippen molar-refractivity contribution in [2.45, 2.75) is 6.42 Å². The van der Waals surface area contributed by atoms with Crippen molar-refractivity contribution in [3.05, 3.63) is 108 Å². The molecule has 0 saturated heterocycles. The van der Waals surface area contributed by atoms with Crippen molar-refractivity contribution in [2.24, 2.45) is 12.0 Å². The average molecular weight is 391 g/mol. The molecular formula is C26H21N3O. The van der Waals surface area contributed by atoms with Gasteiger partial charge < -0.3 is 9.88 Å². The molecule has 2 heterocycles. The van der Waals surface area contributed by atoms with Crippen molar-refractivity contribution in [3.8, 4) is 11.1 Å². The Morgan fingerprint density at radius 1 is 0.867 bits per heavy atom. The Kier molecular flexibility index (Phi) is 4.52. The first-order chi connectivity index (χ1) is 14.7. The van der Waals surface area contributed by atoms with E-state index < -0.39 is 0 Å². The van der Waals surface area contributed by atoms with Gasteiger partial charge in [-0.3, -0.25) is 9.79 Å². The van der Waals surface area contributed by atoms with Gasteiger partial charge in [0.2, 0.25) is 0 Å². The third-order valence-corrected chi connectivity index (χ3v) is 5.45. The van der Waals surface area contributed by atoms with E-state index in [1.807, 2.05) is 49.6 Å². The minimum absolute atomic E-state index is 0.116. The molecule has 4 aromatic rings. The molecule has 0 unspecified atom stereocenters. The number of carbonyl (C=O) groups is 1. The molecule has 0 radical (unpaired) electrons. The number of nitrogens with zero attached hydrogens (tertiary/aromatic N) is 2. The van der Waals surface area contributed by atoms with Crippen LogP contribution in [0.15, 0.2) is 96.1 Å². The monoisotopic (exact) mass is 391 g/mol. The lowest BCUT2D eigenvalue weighted by molar-refractivity contribution is 0.101. The highest BCUT2D eigenvalue weighted by Gasteiger charge is 2.17. The van der Waals surface area contributed by atoms with Crippen molar-refractivity contribution in [2.75, 3.05) is 5.32 Å². The largest absolute Gasteiger partial charge is 0.347 e. The molecule has 5 rings (SSSR count). The van der Waals surface area contributed by atoms with E-state index in [1.165, 1.54) is 16.7 Å². The highest BCUT2D eigenvalue weighted by Crippen LogP contribution is 2.33. The average Bonchev–Trinajstić information content (AvgIpc) is 3.40. The molecule has 0 spiro atoms. The fourth-order valence-corrected chi connectivity index (χ4v) is 3.82. The summed E-state index contributed by atoms with van der Waals surface area (Å²) >= 11 is 0. The van der Waals surface area contributed by atoms with Gasteiger partial charge in [-0.1, -0.05) is 48.5 Å². The second kappa shape index (κ2) is 7.48. The number of nitrogens with one attached hydrogen (secondary N) is 1. The molecule has 30 heavy (non-hydrogen) atoms. The van der Waals surface area contributed by atoms with Crippen LogP contribution in [0.25, 0.3) is 11.1 Å². The Hall–Kier alpha value is -3.92. The molecule has 0 fully saturated rings. The number of fused-ring (bicyclic) bond motifs is 1. The number of benzene rings is 3. The van der Waals surface area contributed by atoms with Crippen molar-refractivity contribution in [1.29, 1.82) is 0 Å². The number of hydrogen-bond donors (Lipinski definition) is 1. The Morgan fingerprint density at radius 3 is 2.37 bits per heavy atom.